The lowest BCUT2D eigenvalue weighted by molar-refractivity contribution is 0.0690. The predicted octanol–water partition coefficient (Wildman–Crippen LogP) is 3.21. The van der Waals surface area contributed by atoms with Gasteiger partial charge in [0, 0.05) is 5.56 Å². The molecule has 1 atom stereocenters. The third-order valence-electron chi connectivity index (χ3n) is 3.34. The zero-order valence-electron chi connectivity index (χ0n) is 10.8. The third kappa shape index (κ3) is 2.29. The molecule has 0 aromatic heterocycles. The Morgan fingerprint density at radius 3 is 2.71 bits per heavy atom. The van der Waals surface area contributed by atoms with Crippen molar-refractivity contribution >= 4 is 11.7 Å². The van der Waals surface area contributed by atoms with Crippen LogP contribution in [-0.4, -0.2) is 17.7 Å². The molecule has 108 valence electrons. The summed E-state index contributed by atoms with van der Waals surface area (Å²) >= 11 is 0. The van der Waals surface area contributed by atoms with Gasteiger partial charge < -0.3 is 15.2 Å². The fourth-order valence-electron chi connectivity index (χ4n) is 2.30. The minimum absolute atomic E-state index is 0.0946. The summed E-state index contributed by atoms with van der Waals surface area (Å²) in [5.41, 5.74) is 0.0588. The van der Waals surface area contributed by atoms with E-state index in [1.165, 1.54) is 6.07 Å². The van der Waals surface area contributed by atoms with E-state index in [1.807, 2.05) is 18.2 Å². The Hall–Kier alpha value is -2.63. The van der Waals surface area contributed by atoms with E-state index in [1.54, 1.807) is 6.07 Å². The standard InChI is InChI=1S/C15H11F2NO3/c16-13-9(15(19)20)5-6-10(14(13)17)18-11-7-21-12-4-2-1-3-8(11)12/h1-6,11,18H,7H2,(H,19,20). The lowest BCUT2D eigenvalue weighted by atomic mass is 10.1. The summed E-state index contributed by atoms with van der Waals surface area (Å²) in [6.07, 6.45) is 0. The molecule has 2 aromatic rings. The van der Waals surface area contributed by atoms with E-state index in [4.69, 9.17) is 9.84 Å². The molecule has 0 aliphatic carbocycles. The highest BCUT2D eigenvalue weighted by atomic mass is 19.2. The maximum atomic E-state index is 13.9. The number of rotatable bonds is 3. The lowest BCUT2D eigenvalue weighted by Gasteiger charge is -2.14. The summed E-state index contributed by atoms with van der Waals surface area (Å²) in [5.74, 6) is -3.40. The first-order valence-corrected chi connectivity index (χ1v) is 6.27. The number of fused-ring (bicyclic) bond motifs is 1. The van der Waals surface area contributed by atoms with E-state index < -0.39 is 23.2 Å². The van der Waals surface area contributed by atoms with Crippen LogP contribution in [0.5, 0.6) is 5.75 Å². The number of hydrogen-bond donors (Lipinski definition) is 2. The third-order valence-corrected chi connectivity index (χ3v) is 3.34. The van der Waals surface area contributed by atoms with Gasteiger partial charge in [0.05, 0.1) is 17.3 Å². The Bertz CT molecular complexity index is 718. The van der Waals surface area contributed by atoms with E-state index in [2.05, 4.69) is 5.32 Å². The number of nitrogens with one attached hydrogen (secondary N) is 1. The average molecular weight is 291 g/mol. The molecular formula is C15H11F2NO3. The van der Waals surface area contributed by atoms with Crippen LogP contribution in [0, 0.1) is 11.6 Å². The van der Waals surface area contributed by atoms with E-state index in [9.17, 15) is 13.6 Å². The number of carbonyl (C=O) groups is 1. The molecule has 6 heteroatoms. The van der Waals surface area contributed by atoms with Gasteiger partial charge in [0.15, 0.2) is 11.6 Å². The molecule has 0 saturated heterocycles. The zero-order valence-corrected chi connectivity index (χ0v) is 10.8. The van der Waals surface area contributed by atoms with Crippen LogP contribution in [0.1, 0.15) is 22.0 Å². The molecular weight excluding hydrogens is 280 g/mol. The van der Waals surface area contributed by atoms with Crippen LogP contribution < -0.4 is 10.1 Å². The van der Waals surface area contributed by atoms with Crippen molar-refractivity contribution in [3.63, 3.8) is 0 Å². The molecule has 21 heavy (non-hydrogen) atoms. The minimum atomic E-state index is -1.51. The molecule has 3 rings (SSSR count). The Kier molecular flexibility index (Phi) is 3.21. The molecule has 1 unspecified atom stereocenters. The monoisotopic (exact) mass is 291 g/mol. The van der Waals surface area contributed by atoms with E-state index in [0.29, 0.717) is 12.4 Å². The van der Waals surface area contributed by atoms with Gasteiger partial charge in [-0.25, -0.2) is 13.6 Å². The van der Waals surface area contributed by atoms with Crippen LogP contribution in [0.15, 0.2) is 36.4 Å². The molecule has 0 bridgehead atoms. The van der Waals surface area contributed by atoms with Gasteiger partial charge in [0.2, 0.25) is 0 Å². The Labute approximate surface area is 119 Å². The summed E-state index contributed by atoms with van der Waals surface area (Å²) in [4.78, 5) is 10.7. The van der Waals surface area contributed by atoms with Crippen LogP contribution in [0.4, 0.5) is 14.5 Å². The smallest absolute Gasteiger partial charge is 0.338 e. The molecule has 2 N–H and O–H groups in total. The summed E-state index contributed by atoms with van der Waals surface area (Å²) < 4.78 is 33.0. The fraction of sp³-hybridized carbons (Fsp3) is 0.133. The van der Waals surface area contributed by atoms with Crippen molar-refractivity contribution in [2.75, 3.05) is 11.9 Å². The van der Waals surface area contributed by atoms with Gasteiger partial charge in [-0.3, -0.25) is 0 Å². The minimum Gasteiger partial charge on any atom is -0.491 e. The van der Waals surface area contributed by atoms with Gasteiger partial charge in [-0.15, -0.1) is 0 Å². The van der Waals surface area contributed by atoms with Crippen LogP contribution in [0.25, 0.3) is 0 Å². The Balaban J connectivity index is 1.90. The highest BCUT2D eigenvalue weighted by molar-refractivity contribution is 5.88. The highest BCUT2D eigenvalue weighted by Gasteiger charge is 2.26. The first-order valence-electron chi connectivity index (χ1n) is 6.27. The first kappa shape index (κ1) is 13.4. The number of para-hydroxylation sites is 1. The predicted molar refractivity (Wildman–Crippen MR) is 71.6 cm³/mol. The summed E-state index contributed by atoms with van der Waals surface area (Å²) in [5, 5.41) is 11.6. The van der Waals surface area contributed by atoms with E-state index in [-0.39, 0.29) is 11.7 Å². The number of carboxylic acid groups (broad SMARTS) is 1. The molecule has 0 fully saturated rings. The SMILES string of the molecule is O=C(O)c1ccc(NC2COc3ccccc32)c(F)c1F. The van der Waals surface area contributed by atoms with Crippen molar-refractivity contribution < 1.29 is 23.4 Å². The van der Waals surface area contributed by atoms with Gasteiger partial charge in [-0.05, 0) is 18.2 Å². The van der Waals surface area contributed by atoms with Crippen LogP contribution in [-0.2, 0) is 0 Å². The summed E-state index contributed by atoms with van der Waals surface area (Å²) in [6, 6.07) is 9.20. The van der Waals surface area contributed by atoms with Crippen molar-refractivity contribution in [3.8, 4) is 5.75 Å². The largest absolute Gasteiger partial charge is 0.491 e. The number of anilines is 1. The normalized spacial score (nSPS) is 16.2. The molecule has 0 spiro atoms. The maximum absolute atomic E-state index is 13.9. The molecule has 1 heterocycles. The topological polar surface area (TPSA) is 58.6 Å². The Morgan fingerprint density at radius 2 is 1.95 bits per heavy atom. The van der Waals surface area contributed by atoms with Gasteiger partial charge in [-0.2, -0.15) is 0 Å². The van der Waals surface area contributed by atoms with Crippen LogP contribution in [0.3, 0.4) is 0 Å². The van der Waals surface area contributed by atoms with Gasteiger partial charge in [-0.1, -0.05) is 18.2 Å². The summed E-state index contributed by atoms with van der Waals surface area (Å²) in [6.45, 7) is 0.293. The van der Waals surface area contributed by atoms with Crippen molar-refractivity contribution in [1.29, 1.82) is 0 Å². The number of carboxylic acids is 1. The van der Waals surface area contributed by atoms with Crippen molar-refractivity contribution in [2.24, 2.45) is 0 Å². The van der Waals surface area contributed by atoms with E-state index >= 15 is 0 Å². The maximum Gasteiger partial charge on any atom is 0.338 e. The van der Waals surface area contributed by atoms with Crippen molar-refractivity contribution in [2.45, 2.75) is 6.04 Å². The van der Waals surface area contributed by atoms with E-state index in [0.717, 1.165) is 11.6 Å². The van der Waals surface area contributed by atoms with Crippen molar-refractivity contribution in [1.82, 2.24) is 0 Å². The molecule has 4 nitrogen and oxygen atoms in total. The number of benzene rings is 2. The second-order valence-electron chi connectivity index (χ2n) is 4.64. The molecule has 1 aliphatic heterocycles. The average Bonchev–Trinajstić information content (AvgIpc) is 2.87. The molecule has 2 aromatic carbocycles. The van der Waals surface area contributed by atoms with Gasteiger partial charge in [0.1, 0.15) is 12.4 Å². The Morgan fingerprint density at radius 1 is 1.19 bits per heavy atom. The second kappa shape index (κ2) is 5.05. The second-order valence-corrected chi connectivity index (χ2v) is 4.64. The molecule has 0 saturated carbocycles. The van der Waals surface area contributed by atoms with Crippen molar-refractivity contribution in [3.05, 3.63) is 59.2 Å². The zero-order chi connectivity index (χ0) is 15.0. The number of halogens is 2. The molecule has 0 amide bonds. The first-order chi connectivity index (χ1) is 10.1. The van der Waals surface area contributed by atoms with Crippen LogP contribution >= 0.6 is 0 Å². The van der Waals surface area contributed by atoms with Gasteiger partial charge in [0.25, 0.3) is 0 Å². The number of ether oxygens (including phenoxy) is 1. The molecule has 0 radical (unpaired) electrons. The summed E-state index contributed by atoms with van der Waals surface area (Å²) in [7, 11) is 0. The number of aromatic carboxylic acids is 1. The highest BCUT2D eigenvalue weighted by Crippen LogP contribution is 2.35. The number of hydrogen-bond acceptors (Lipinski definition) is 3. The molecule has 1 aliphatic rings. The fourth-order valence-corrected chi connectivity index (χ4v) is 2.30. The lowest BCUT2D eigenvalue weighted by Crippen LogP contribution is -2.14. The van der Waals surface area contributed by atoms with Gasteiger partial charge >= 0.3 is 5.97 Å². The van der Waals surface area contributed by atoms with Crippen LogP contribution in [0.2, 0.25) is 0 Å². The quantitative estimate of drug-likeness (QED) is 0.911.